The summed E-state index contributed by atoms with van der Waals surface area (Å²) in [5, 5.41) is 17.5. The Morgan fingerprint density at radius 1 is 1.35 bits per heavy atom. The molecule has 1 aliphatic heterocycles. The molecule has 124 valence electrons. The van der Waals surface area contributed by atoms with E-state index in [1.54, 1.807) is 4.90 Å². The first-order valence-electron chi connectivity index (χ1n) is 7.76. The SMILES string of the molecule is Cc1c(C(=O)N2CCCC(C(=O)O)C2)sc2nnc(C(C)C)n12. The second kappa shape index (κ2) is 5.92. The number of aromatic nitrogens is 3. The van der Waals surface area contributed by atoms with Crippen molar-refractivity contribution in [3.05, 3.63) is 16.4 Å². The first-order valence-corrected chi connectivity index (χ1v) is 8.58. The third-order valence-corrected chi connectivity index (χ3v) is 5.41. The molecule has 1 aliphatic rings. The molecule has 23 heavy (non-hydrogen) atoms. The third kappa shape index (κ3) is 2.71. The number of carboxylic acid groups (broad SMARTS) is 1. The highest BCUT2D eigenvalue weighted by molar-refractivity contribution is 7.19. The van der Waals surface area contributed by atoms with Crippen LogP contribution >= 0.6 is 11.3 Å². The number of aliphatic carboxylic acids is 1. The molecule has 8 heteroatoms. The molecule has 7 nitrogen and oxygen atoms in total. The number of carbonyl (C=O) groups is 2. The van der Waals surface area contributed by atoms with Crippen LogP contribution in [0.4, 0.5) is 0 Å². The Morgan fingerprint density at radius 2 is 2.09 bits per heavy atom. The Morgan fingerprint density at radius 3 is 2.74 bits per heavy atom. The lowest BCUT2D eigenvalue weighted by Gasteiger charge is -2.30. The van der Waals surface area contributed by atoms with Crippen molar-refractivity contribution in [2.45, 2.75) is 39.5 Å². The van der Waals surface area contributed by atoms with Gasteiger partial charge in [-0.1, -0.05) is 25.2 Å². The van der Waals surface area contributed by atoms with Crippen molar-refractivity contribution in [1.29, 1.82) is 0 Å². The van der Waals surface area contributed by atoms with Gasteiger partial charge in [-0.25, -0.2) is 0 Å². The maximum atomic E-state index is 12.8. The van der Waals surface area contributed by atoms with E-state index in [1.807, 2.05) is 25.2 Å². The van der Waals surface area contributed by atoms with Gasteiger partial charge in [0, 0.05) is 24.7 Å². The largest absolute Gasteiger partial charge is 0.481 e. The van der Waals surface area contributed by atoms with Crippen molar-refractivity contribution in [3.8, 4) is 0 Å². The number of piperidine rings is 1. The Hall–Kier alpha value is -1.96. The average molecular weight is 336 g/mol. The predicted octanol–water partition coefficient (Wildman–Crippen LogP) is 2.16. The lowest BCUT2D eigenvalue weighted by molar-refractivity contribution is -0.143. The number of carboxylic acids is 1. The van der Waals surface area contributed by atoms with Gasteiger partial charge in [0.2, 0.25) is 4.96 Å². The lowest BCUT2D eigenvalue weighted by Crippen LogP contribution is -2.42. The fraction of sp³-hybridized carbons (Fsp3) is 0.600. The molecule has 0 aromatic carbocycles. The third-order valence-electron chi connectivity index (χ3n) is 4.28. The second-order valence-electron chi connectivity index (χ2n) is 6.28. The minimum Gasteiger partial charge on any atom is -0.481 e. The van der Waals surface area contributed by atoms with E-state index in [1.165, 1.54) is 11.3 Å². The normalized spacial score (nSPS) is 18.8. The highest BCUT2D eigenvalue weighted by Gasteiger charge is 2.31. The van der Waals surface area contributed by atoms with Crippen LogP contribution in [-0.4, -0.2) is 49.6 Å². The number of likely N-dealkylation sites (tertiary alicyclic amines) is 1. The second-order valence-corrected chi connectivity index (χ2v) is 7.25. The number of hydrogen-bond donors (Lipinski definition) is 1. The van der Waals surface area contributed by atoms with Gasteiger partial charge in [0.05, 0.1) is 5.92 Å². The van der Waals surface area contributed by atoms with Crippen molar-refractivity contribution in [1.82, 2.24) is 19.5 Å². The molecular weight excluding hydrogens is 316 g/mol. The first kappa shape index (κ1) is 15.9. The Bertz CT molecular complexity index is 764. The van der Waals surface area contributed by atoms with E-state index in [2.05, 4.69) is 10.2 Å². The molecule has 0 spiro atoms. The molecule has 1 saturated heterocycles. The van der Waals surface area contributed by atoms with Crippen molar-refractivity contribution < 1.29 is 14.7 Å². The van der Waals surface area contributed by atoms with Gasteiger partial charge in [0.25, 0.3) is 5.91 Å². The van der Waals surface area contributed by atoms with Crippen molar-refractivity contribution in [3.63, 3.8) is 0 Å². The zero-order chi connectivity index (χ0) is 16.7. The smallest absolute Gasteiger partial charge is 0.308 e. The number of nitrogens with zero attached hydrogens (tertiary/aromatic N) is 4. The van der Waals surface area contributed by atoms with Gasteiger partial charge >= 0.3 is 5.97 Å². The maximum Gasteiger partial charge on any atom is 0.308 e. The average Bonchev–Trinajstić information content (AvgIpc) is 3.07. The van der Waals surface area contributed by atoms with E-state index >= 15 is 0 Å². The highest BCUT2D eigenvalue weighted by Crippen LogP contribution is 2.28. The minimum absolute atomic E-state index is 0.0985. The van der Waals surface area contributed by atoms with Gasteiger partial charge in [-0.3, -0.25) is 14.0 Å². The van der Waals surface area contributed by atoms with Crippen molar-refractivity contribution in [2.75, 3.05) is 13.1 Å². The molecule has 3 heterocycles. The number of aryl methyl sites for hydroxylation is 1. The summed E-state index contributed by atoms with van der Waals surface area (Å²) in [6.45, 7) is 6.86. The van der Waals surface area contributed by atoms with Gasteiger partial charge in [-0.05, 0) is 19.8 Å². The molecular formula is C15H20N4O3S. The number of fused-ring (bicyclic) bond motifs is 1. The molecule has 1 atom stereocenters. The zero-order valence-corrected chi connectivity index (χ0v) is 14.3. The monoisotopic (exact) mass is 336 g/mol. The molecule has 2 aromatic rings. The van der Waals surface area contributed by atoms with Crippen LogP contribution in [0.5, 0.6) is 0 Å². The van der Waals surface area contributed by atoms with E-state index in [0.29, 0.717) is 22.8 Å². The molecule has 1 N–H and O–H groups in total. The molecule has 1 amide bonds. The summed E-state index contributed by atoms with van der Waals surface area (Å²) in [6.07, 6.45) is 1.36. The molecule has 0 bridgehead atoms. The number of carbonyl (C=O) groups excluding carboxylic acids is 1. The number of hydrogen-bond acceptors (Lipinski definition) is 5. The summed E-state index contributed by atoms with van der Waals surface area (Å²) in [5.41, 5.74) is 0.834. The molecule has 3 rings (SSSR count). The Kier molecular flexibility index (Phi) is 4.09. The molecule has 0 aliphatic carbocycles. The van der Waals surface area contributed by atoms with Crippen LogP contribution in [0.3, 0.4) is 0 Å². The predicted molar refractivity (Wildman–Crippen MR) is 86.0 cm³/mol. The number of rotatable bonds is 3. The fourth-order valence-electron chi connectivity index (χ4n) is 3.01. The maximum absolute atomic E-state index is 12.8. The first-order chi connectivity index (χ1) is 10.9. The lowest BCUT2D eigenvalue weighted by atomic mass is 9.98. The van der Waals surface area contributed by atoms with Gasteiger partial charge < -0.3 is 10.0 Å². The Balaban J connectivity index is 1.92. The van der Waals surface area contributed by atoms with E-state index in [-0.39, 0.29) is 18.4 Å². The molecule has 1 fully saturated rings. The highest BCUT2D eigenvalue weighted by atomic mass is 32.1. The molecule has 0 saturated carbocycles. The summed E-state index contributed by atoms with van der Waals surface area (Å²) in [4.78, 5) is 27.0. The van der Waals surface area contributed by atoms with Crippen LogP contribution in [0.1, 0.15) is 53.8 Å². The minimum atomic E-state index is -0.827. The van der Waals surface area contributed by atoms with Crippen LogP contribution in [0.25, 0.3) is 4.96 Å². The zero-order valence-electron chi connectivity index (χ0n) is 13.4. The van der Waals surface area contributed by atoms with Crippen molar-refractivity contribution >= 4 is 28.2 Å². The van der Waals surface area contributed by atoms with Crippen LogP contribution in [0, 0.1) is 12.8 Å². The van der Waals surface area contributed by atoms with Gasteiger partial charge in [0.15, 0.2) is 0 Å². The van der Waals surface area contributed by atoms with E-state index < -0.39 is 11.9 Å². The van der Waals surface area contributed by atoms with E-state index in [9.17, 15) is 14.7 Å². The van der Waals surface area contributed by atoms with E-state index in [0.717, 1.165) is 17.9 Å². The fourth-order valence-corrected chi connectivity index (χ4v) is 4.05. The number of amides is 1. The number of thiazole rings is 1. The topological polar surface area (TPSA) is 87.8 Å². The van der Waals surface area contributed by atoms with Gasteiger partial charge in [-0.2, -0.15) is 0 Å². The quantitative estimate of drug-likeness (QED) is 0.928. The van der Waals surface area contributed by atoms with Gasteiger partial charge in [0.1, 0.15) is 10.7 Å². The van der Waals surface area contributed by atoms with Crippen LogP contribution in [-0.2, 0) is 4.79 Å². The van der Waals surface area contributed by atoms with Crippen LogP contribution < -0.4 is 0 Å². The summed E-state index contributed by atoms with van der Waals surface area (Å²) < 4.78 is 1.93. The molecule has 2 aromatic heterocycles. The molecule has 1 unspecified atom stereocenters. The summed E-state index contributed by atoms with van der Waals surface area (Å²) in [7, 11) is 0. The van der Waals surface area contributed by atoms with Crippen molar-refractivity contribution in [2.24, 2.45) is 5.92 Å². The Labute approximate surface area is 137 Å². The van der Waals surface area contributed by atoms with Crippen LogP contribution in [0.15, 0.2) is 0 Å². The van der Waals surface area contributed by atoms with Crippen LogP contribution in [0.2, 0.25) is 0 Å². The summed E-state index contributed by atoms with van der Waals surface area (Å²) in [6, 6.07) is 0. The van der Waals surface area contributed by atoms with E-state index in [4.69, 9.17) is 0 Å². The summed E-state index contributed by atoms with van der Waals surface area (Å²) >= 11 is 1.32. The standard InChI is InChI=1S/C15H20N4O3S/c1-8(2)12-16-17-15-19(12)9(3)11(23-15)13(20)18-6-4-5-10(7-18)14(21)22/h8,10H,4-7H2,1-3H3,(H,21,22). The molecule has 0 radical (unpaired) electrons. The summed E-state index contributed by atoms with van der Waals surface area (Å²) in [5.74, 6) is -0.336. The van der Waals surface area contributed by atoms with Gasteiger partial charge in [-0.15, -0.1) is 10.2 Å².